The molecule has 0 radical (unpaired) electrons. The van der Waals surface area contributed by atoms with Gasteiger partial charge in [0.05, 0.1) is 22.9 Å². The summed E-state index contributed by atoms with van der Waals surface area (Å²) in [4.78, 5) is 15.1. The number of aryl methyl sites for hydroxylation is 3. The van der Waals surface area contributed by atoms with Gasteiger partial charge in [-0.2, -0.15) is 18.4 Å². The van der Waals surface area contributed by atoms with E-state index in [4.69, 9.17) is 9.63 Å². The van der Waals surface area contributed by atoms with Gasteiger partial charge in [-0.25, -0.2) is 0 Å². The number of unbranched alkanes of at least 4 members (excludes halogenated alkanes) is 1. The number of nitrogens with zero attached hydrogens (tertiary/aromatic N) is 4. The van der Waals surface area contributed by atoms with Gasteiger partial charge in [0.2, 0.25) is 5.88 Å². The van der Waals surface area contributed by atoms with Crippen molar-refractivity contribution < 1.29 is 27.6 Å². The Morgan fingerprint density at radius 3 is 2.36 bits per heavy atom. The molecule has 1 N–H and O–H groups in total. The lowest BCUT2D eigenvalue weighted by atomic mass is 9.89. The van der Waals surface area contributed by atoms with Crippen LogP contribution < -0.4 is 9.80 Å². The Morgan fingerprint density at radius 2 is 1.76 bits per heavy atom. The Morgan fingerprint density at radius 1 is 1.05 bits per heavy atom. The second-order valence-electron chi connectivity index (χ2n) is 10.6. The van der Waals surface area contributed by atoms with E-state index in [0.29, 0.717) is 36.7 Å². The Hall–Kier alpha value is -3.71. The van der Waals surface area contributed by atoms with Crippen LogP contribution in [0.15, 0.2) is 40.9 Å². The van der Waals surface area contributed by atoms with E-state index in [0.717, 1.165) is 62.0 Å². The largest absolute Gasteiger partial charge is 0.481 e. The summed E-state index contributed by atoms with van der Waals surface area (Å²) < 4.78 is 46.4. The highest BCUT2D eigenvalue weighted by molar-refractivity contribution is 5.85. The number of benzene rings is 2. The third kappa shape index (κ3) is 8.41. The quantitative estimate of drug-likeness (QED) is 0.214. The normalized spacial score (nSPS) is 12.7. The number of anilines is 2. The fourth-order valence-electron chi connectivity index (χ4n) is 5.42. The number of hydrogen-bond acceptors (Lipinski definition) is 6. The topological polar surface area (TPSA) is 93.6 Å². The highest BCUT2D eigenvalue weighted by Gasteiger charge is 2.31. The van der Waals surface area contributed by atoms with Crippen LogP contribution in [0, 0.1) is 18.3 Å². The van der Waals surface area contributed by atoms with Gasteiger partial charge in [0.15, 0.2) is 0 Å². The summed E-state index contributed by atoms with van der Waals surface area (Å²) in [6, 6.07) is 11.4. The van der Waals surface area contributed by atoms with Gasteiger partial charge in [-0.05, 0) is 98.9 Å². The molecule has 1 aliphatic rings. The highest BCUT2D eigenvalue weighted by Crippen LogP contribution is 2.34. The van der Waals surface area contributed by atoms with Gasteiger partial charge < -0.3 is 19.4 Å². The molecule has 0 saturated carbocycles. The number of alkyl halides is 3. The van der Waals surface area contributed by atoms with Crippen molar-refractivity contribution in [1.29, 1.82) is 5.26 Å². The molecule has 1 heterocycles. The lowest BCUT2D eigenvalue weighted by Gasteiger charge is -2.31. The molecule has 7 nitrogen and oxygen atoms in total. The van der Waals surface area contributed by atoms with Gasteiger partial charge in [0.25, 0.3) is 0 Å². The van der Waals surface area contributed by atoms with Crippen molar-refractivity contribution in [2.75, 3.05) is 22.9 Å². The van der Waals surface area contributed by atoms with Gasteiger partial charge in [0, 0.05) is 44.4 Å². The SMILES string of the molecule is CCN(CCCCC(=O)O)c1cc2c(cc1CN(Cc1cc(C#N)cc(C(F)(F)F)c1)c1cc(C)no1)CCCC2.Cl. The number of carboxylic acids is 1. The molecule has 1 aliphatic carbocycles. The van der Waals surface area contributed by atoms with Crippen LogP contribution in [0.1, 0.15) is 78.1 Å². The Bertz CT molecular complexity index is 1420. The van der Waals surface area contributed by atoms with E-state index in [2.05, 4.69) is 29.1 Å². The summed E-state index contributed by atoms with van der Waals surface area (Å²) in [5, 5.41) is 22.5. The summed E-state index contributed by atoms with van der Waals surface area (Å²) in [7, 11) is 0. The summed E-state index contributed by atoms with van der Waals surface area (Å²) in [6.45, 7) is 5.68. The first-order valence-electron chi connectivity index (χ1n) is 14.0. The van der Waals surface area contributed by atoms with E-state index in [1.165, 1.54) is 17.2 Å². The van der Waals surface area contributed by atoms with Crippen molar-refractivity contribution in [2.45, 2.75) is 78.1 Å². The predicted molar refractivity (Wildman–Crippen MR) is 157 cm³/mol. The zero-order valence-electron chi connectivity index (χ0n) is 23.8. The van der Waals surface area contributed by atoms with E-state index in [1.54, 1.807) is 13.0 Å². The Kier molecular flexibility index (Phi) is 11.3. The molecule has 0 atom stereocenters. The van der Waals surface area contributed by atoms with Crippen LogP contribution in [-0.4, -0.2) is 29.3 Å². The van der Waals surface area contributed by atoms with E-state index in [-0.39, 0.29) is 30.9 Å². The lowest BCUT2D eigenvalue weighted by molar-refractivity contribution is -0.138. The number of nitriles is 1. The summed E-state index contributed by atoms with van der Waals surface area (Å²) in [5.74, 6) is -0.388. The van der Waals surface area contributed by atoms with E-state index < -0.39 is 17.7 Å². The molecule has 0 unspecified atom stereocenters. The van der Waals surface area contributed by atoms with Crippen LogP contribution in [0.25, 0.3) is 0 Å². The predicted octanol–water partition coefficient (Wildman–Crippen LogP) is 7.46. The highest BCUT2D eigenvalue weighted by atomic mass is 35.5. The maximum Gasteiger partial charge on any atom is 0.416 e. The van der Waals surface area contributed by atoms with Crippen molar-refractivity contribution in [3.63, 3.8) is 0 Å². The summed E-state index contributed by atoms with van der Waals surface area (Å²) >= 11 is 0. The van der Waals surface area contributed by atoms with Gasteiger partial charge in [0.1, 0.15) is 0 Å². The van der Waals surface area contributed by atoms with Crippen molar-refractivity contribution >= 4 is 29.9 Å². The summed E-state index contributed by atoms with van der Waals surface area (Å²) in [6.07, 6.45) is 1.02. The average molecular weight is 605 g/mol. The first kappa shape index (κ1) is 32.8. The van der Waals surface area contributed by atoms with Crippen LogP contribution in [-0.2, 0) is 36.9 Å². The average Bonchev–Trinajstić information content (AvgIpc) is 3.38. The van der Waals surface area contributed by atoms with Crippen LogP contribution >= 0.6 is 12.4 Å². The molecular weight excluding hydrogens is 569 g/mol. The van der Waals surface area contributed by atoms with Crippen molar-refractivity contribution in [1.82, 2.24) is 5.16 Å². The molecule has 226 valence electrons. The van der Waals surface area contributed by atoms with E-state index in [9.17, 15) is 23.2 Å². The third-order valence-electron chi connectivity index (χ3n) is 7.45. The standard InChI is InChI=1S/C31H35F3N4O3.ClH/c1-3-37(11-7-6-10-30(39)40)28-17-25-9-5-4-8-24(25)16-26(28)20-38(29-12-21(2)36-41-29)19-23-13-22(18-35)14-27(15-23)31(32,33)34;/h12-17H,3-11,19-20H2,1-2H3,(H,39,40);1H. The summed E-state index contributed by atoms with van der Waals surface area (Å²) in [5.41, 5.74) is 4.68. The monoisotopic (exact) mass is 604 g/mol. The number of rotatable bonds is 12. The minimum Gasteiger partial charge on any atom is -0.481 e. The third-order valence-corrected chi connectivity index (χ3v) is 7.45. The van der Waals surface area contributed by atoms with Crippen LogP contribution in [0.4, 0.5) is 24.7 Å². The zero-order chi connectivity index (χ0) is 29.6. The first-order valence-corrected chi connectivity index (χ1v) is 14.0. The number of halogens is 4. The van der Waals surface area contributed by atoms with Gasteiger partial charge >= 0.3 is 12.1 Å². The molecule has 0 bridgehead atoms. The molecule has 42 heavy (non-hydrogen) atoms. The minimum absolute atomic E-state index is 0. The number of hydrogen-bond donors (Lipinski definition) is 1. The number of carbonyl (C=O) groups is 1. The fraction of sp³-hybridized carbons (Fsp3) is 0.452. The molecule has 1 aromatic heterocycles. The maximum absolute atomic E-state index is 13.6. The second-order valence-corrected chi connectivity index (χ2v) is 10.6. The van der Waals surface area contributed by atoms with Crippen LogP contribution in [0.3, 0.4) is 0 Å². The first-order chi connectivity index (χ1) is 19.6. The molecule has 2 aromatic carbocycles. The number of fused-ring (bicyclic) bond motifs is 1. The molecular formula is C31H36ClF3N4O3. The van der Waals surface area contributed by atoms with Crippen molar-refractivity contribution in [3.05, 3.63) is 75.5 Å². The van der Waals surface area contributed by atoms with Gasteiger partial charge in [-0.15, -0.1) is 12.4 Å². The molecule has 0 amide bonds. The number of aliphatic carboxylic acids is 1. The minimum atomic E-state index is -4.58. The van der Waals surface area contributed by atoms with Gasteiger partial charge in [-0.3, -0.25) is 4.79 Å². The van der Waals surface area contributed by atoms with Crippen molar-refractivity contribution in [2.24, 2.45) is 0 Å². The molecule has 11 heteroatoms. The van der Waals surface area contributed by atoms with Crippen molar-refractivity contribution in [3.8, 4) is 6.07 Å². The smallest absolute Gasteiger partial charge is 0.416 e. The lowest BCUT2D eigenvalue weighted by Crippen LogP contribution is -2.28. The molecule has 0 spiro atoms. The fourth-order valence-corrected chi connectivity index (χ4v) is 5.42. The molecule has 0 aliphatic heterocycles. The Balaban J connectivity index is 0.00000484. The number of carboxylic acid groups (broad SMARTS) is 1. The number of aromatic nitrogens is 1. The zero-order valence-corrected chi connectivity index (χ0v) is 24.7. The molecule has 0 saturated heterocycles. The van der Waals surface area contributed by atoms with E-state index >= 15 is 0 Å². The molecule has 0 fully saturated rings. The Labute approximate surface area is 250 Å². The molecule has 4 rings (SSSR count). The van der Waals surface area contributed by atoms with Gasteiger partial charge in [-0.1, -0.05) is 11.2 Å². The maximum atomic E-state index is 13.6. The van der Waals surface area contributed by atoms with Crippen LogP contribution in [0.2, 0.25) is 0 Å². The molecule has 3 aromatic rings. The van der Waals surface area contributed by atoms with E-state index in [1.807, 2.05) is 11.0 Å². The van der Waals surface area contributed by atoms with Crippen LogP contribution in [0.5, 0.6) is 0 Å². The second kappa shape index (κ2) is 14.5.